The maximum absolute atomic E-state index is 11.8. The Bertz CT molecular complexity index is 808. The van der Waals surface area contributed by atoms with Crippen LogP contribution in [0, 0.1) is 6.92 Å². The van der Waals surface area contributed by atoms with Crippen LogP contribution in [0.4, 0.5) is 5.82 Å². The molecular weight excluding hydrogens is 310 g/mol. The van der Waals surface area contributed by atoms with E-state index >= 15 is 0 Å². The van der Waals surface area contributed by atoms with Crippen LogP contribution in [0.25, 0.3) is 0 Å². The standard InChI is InChI=1S/C16H21N5O3/c1-11-4-5-13(19-9-11)17-6-3-7-18-14(22)8-12-10-20-16(24)21(2)15(12)23/h4-5,9-10H,3,6-8H2,1-2H3,(H,17,19)(H,18,22)(H,20,24). The number of amides is 1. The van der Waals surface area contributed by atoms with Crippen LogP contribution < -0.4 is 21.9 Å². The van der Waals surface area contributed by atoms with Crippen molar-refractivity contribution in [1.29, 1.82) is 0 Å². The Morgan fingerprint density at radius 2 is 2.08 bits per heavy atom. The second-order valence-corrected chi connectivity index (χ2v) is 5.51. The molecular formula is C16H21N5O3. The van der Waals surface area contributed by atoms with Crippen molar-refractivity contribution < 1.29 is 4.79 Å². The lowest BCUT2D eigenvalue weighted by molar-refractivity contribution is -0.120. The van der Waals surface area contributed by atoms with Gasteiger partial charge in [0.25, 0.3) is 5.56 Å². The number of pyridine rings is 1. The number of aryl methyl sites for hydroxylation is 1. The summed E-state index contributed by atoms with van der Waals surface area (Å²) in [4.78, 5) is 41.6. The second-order valence-electron chi connectivity index (χ2n) is 5.51. The van der Waals surface area contributed by atoms with Gasteiger partial charge in [0.1, 0.15) is 5.82 Å². The first kappa shape index (κ1) is 17.5. The monoisotopic (exact) mass is 331 g/mol. The number of H-pyrrole nitrogens is 1. The molecule has 0 aliphatic carbocycles. The van der Waals surface area contributed by atoms with Crippen LogP contribution >= 0.6 is 0 Å². The van der Waals surface area contributed by atoms with Gasteiger partial charge in [-0.3, -0.25) is 14.2 Å². The Labute approximate surface area is 138 Å². The Kier molecular flexibility index (Phi) is 5.89. The molecule has 8 heteroatoms. The fourth-order valence-electron chi connectivity index (χ4n) is 2.08. The van der Waals surface area contributed by atoms with Crippen LogP contribution in [-0.4, -0.2) is 33.5 Å². The van der Waals surface area contributed by atoms with Gasteiger partial charge in [0, 0.05) is 38.1 Å². The number of hydrogen-bond acceptors (Lipinski definition) is 5. The summed E-state index contributed by atoms with van der Waals surface area (Å²) in [5.41, 5.74) is 0.402. The molecule has 2 aromatic rings. The van der Waals surface area contributed by atoms with Crippen molar-refractivity contribution in [3.63, 3.8) is 0 Å². The number of nitrogens with zero attached hydrogens (tertiary/aromatic N) is 2. The summed E-state index contributed by atoms with van der Waals surface area (Å²) in [7, 11) is 1.37. The van der Waals surface area contributed by atoms with Crippen molar-refractivity contribution in [1.82, 2.24) is 19.9 Å². The molecule has 0 saturated heterocycles. The fraction of sp³-hybridized carbons (Fsp3) is 0.375. The lowest BCUT2D eigenvalue weighted by Gasteiger charge is -2.07. The first-order chi connectivity index (χ1) is 11.5. The molecule has 128 valence electrons. The number of carbonyl (C=O) groups is 1. The van der Waals surface area contributed by atoms with Gasteiger partial charge < -0.3 is 15.6 Å². The topological polar surface area (TPSA) is 109 Å². The van der Waals surface area contributed by atoms with Gasteiger partial charge in [-0.15, -0.1) is 0 Å². The molecule has 24 heavy (non-hydrogen) atoms. The van der Waals surface area contributed by atoms with Gasteiger partial charge in [-0.2, -0.15) is 0 Å². The Balaban J connectivity index is 1.72. The largest absolute Gasteiger partial charge is 0.370 e. The Morgan fingerprint density at radius 1 is 1.29 bits per heavy atom. The van der Waals surface area contributed by atoms with Crippen molar-refractivity contribution >= 4 is 11.7 Å². The van der Waals surface area contributed by atoms with Crippen molar-refractivity contribution in [2.45, 2.75) is 19.8 Å². The summed E-state index contributed by atoms with van der Waals surface area (Å²) in [6.45, 7) is 3.14. The van der Waals surface area contributed by atoms with Gasteiger partial charge in [-0.25, -0.2) is 9.78 Å². The lowest BCUT2D eigenvalue weighted by atomic mass is 10.2. The zero-order valence-corrected chi connectivity index (χ0v) is 13.8. The third kappa shape index (κ3) is 4.80. The van der Waals surface area contributed by atoms with E-state index in [0.29, 0.717) is 13.1 Å². The normalized spacial score (nSPS) is 10.4. The SMILES string of the molecule is Cc1ccc(NCCCNC(=O)Cc2c[nH]c(=O)n(C)c2=O)nc1. The molecule has 0 spiro atoms. The summed E-state index contributed by atoms with van der Waals surface area (Å²) in [5, 5.41) is 5.91. The molecule has 0 aliphatic heterocycles. The average Bonchev–Trinajstić information content (AvgIpc) is 2.57. The van der Waals surface area contributed by atoms with Crippen LogP contribution in [-0.2, 0) is 18.3 Å². The molecule has 8 nitrogen and oxygen atoms in total. The second kappa shape index (κ2) is 8.09. The van der Waals surface area contributed by atoms with Crippen molar-refractivity contribution in [3.8, 4) is 0 Å². The van der Waals surface area contributed by atoms with E-state index < -0.39 is 11.2 Å². The van der Waals surface area contributed by atoms with Gasteiger partial charge in [0.05, 0.1) is 6.42 Å². The first-order valence-corrected chi connectivity index (χ1v) is 7.68. The Hall–Kier alpha value is -2.90. The highest BCUT2D eigenvalue weighted by Gasteiger charge is 2.09. The molecule has 2 heterocycles. The molecule has 0 saturated carbocycles. The highest BCUT2D eigenvalue weighted by Crippen LogP contribution is 2.03. The molecule has 0 atom stereocenters. The van der Waals surface area contributed by atoms with Crippen LogP contribution in [0.3, 0.4) is 0 Å². The zero-order chi connectivity index (χ0) is 17.5. The predicted molar refractivity (Wildman–Crippen MR) is 91.1 cm³/mol. The van der Waals surface area contributed by atoms with Crippen LogP contribution in [0.5, 0.6) is 0 Å². The van der Waals surface area contributed by atoms with Crippen molar-refractivity contribution in [2.75, 3.05) is 18.4 Å². The summed E-state index contributed by atoms with van der Waals surface area (Å²) < 4.78 is 0.946. The minimum absolute atomic E-state index is 0.0591. The summed E-state index contributed by atoms with van der Waals surface area (Å²) in [6.07, 6.45) is 3.74. The van der Waals surface area contributed by atoms with Gasteiger partial charge in [0.15, 0.2) is 0 Å². The minimum Gasteiger partial charge on any atom is -0.370 e. The van der Waals surface area contributed by atoms with Gasteiger partial charge in [-0.1, -0.05) is 6.07 Å². The number of aromatic amines is 1. The van der Waals surface area contributed by atoms with E-state index in [0.717, 1.165) is 22.4 Å². The smallest absolute Gasteiger partial charge is 0.328 e. The van der Waals surface area contributed by atoms with Gasteiger partial charge in [0.2, 0.25) is 5.91 Å². The number of carbonyl (C=O) groups excluding carboxylic acids is 1. The summed E-state index contributed by atoms with van der Waals surface area (Å²) in [6, 6.07) is 3.88. The molecule has 0 unspecified atom stereocenters. The van der Waals surface area contributed by atoms with Gasteiger partial charge in [-0.05, 0) is 25.0 Å². The van der Waals surface area contributed by atoms with Crippen molar-refractivity contribution in [2.24, 2.45) is 7.05 Å². The number of nitrogens with one attached hydrogen (secondary N) is 3. The summed E-state index contributed by atoms with van der Waals surface area (Å²) >= 11 is 0. The Morgan fingerprint density at radius 3 is 2.79 bits per heavy atom. The van der Waals surface area contributed by atoms with Crippen molar-refractivity contribution in [3.05, 3.63) is 56.5 Å². The van der Waals surface area contributed by atoms with E-state index in [4.69, 9.17) is 0 Å². The predicted octanol–water partition coefficient (Wildman–Crippen LogP) is -0.0621. The molecule has 0 bridgehead atoms. The average molecular weight is 331 g/mol. The van der Waals surface area contributed by atoms with Crippen LogP contribution in [0.1, 0.15) is 17.5 Å². The van der Waals surface area contributed by atoms with E-state index in [-0.39, 0.29) is 17.9 Å². The van der Waals surface area contributed by atoms with E-state index in [1.807, 2.05) is 19.1 Å². The number of hydrogen-bond donors (Lipinski definition) is 3. The molecule has 0 fully saturated rings. The van der Waals surface area contributed by atoms with E-state index in [2.05, 4.69) is 20.6 Å². The maximum atomic E-state index is 11.8. The highest BCUT2D eigenvalue weighted by molar-refractivity contribution is 5.78. The van der Waals surface area contributed by atoms with E-state index in [9.17, 15) is 14.4 Å². The minimum atomic E-state index is -0.500. The molecule has 2 aromatic heterocycles. The van der Waals surface area contributed by atoms with Gasteiger partial charge >= 0.3 is 5.69 Å². The fourth-order valence-corrected chi connectivity index (χ4v) is 2.08. The third-order valence-corrected chi connectivity index (χ3v) is 3.50. The van der Waals surface area contributed by atoms with Crippen LogP contribution in [0.2, 0.25) is 0 Å². The first-order valence-electron chi connectivity index (χ1n) is 7.68. The third-order valence-electron chi connectivity index (χ3n) is 3.50. The maximum Gasteiger partial charge on any atom is 0.328 e. The van der Waals surface area contributed by atoms with E-state index in [1.54, 1.807) is 6.20 Å². The number of aromatic nitrogens is 3. The molecule has 1 amide bonds. The molecule has 0 aliphatic rings. The van der Waals surface area contributed by atoms with E-state index in [1.165, 1.54) is 13.2 Å². The zero-order valence-electron chi connectivity index (χ0n) is 13.8. The van der Waals surface area contributed by atoms with Crippen LogP contribution in [0.15, 0.2) is 34.1 Å². The quantitative estimate of drug-likeness (QED) is 0.616. The highest BCUT2D eigenvalue weighted by atomic mass is 16.2. The molecule has 0 radical (unpaired) electrons. The number of anilines is 1. The molecule has 3 N–H and O–H groups in total. The molecule has 2 rings (SSSR count). The lowest BCUT2D eigenvalue weighted by Crippen LogP contribution is -2.36. The number of rotatable bonds is 7. The summed E-state index contributed by atoms with van der Waals surface area (Å²) in [5.74, 6) is 0.538. The molecule has 0 aromatic carbocycles.